The molecule has 5 aliphatic rings. The lowest BCUT2D eigenvalue weighted by molar-refractivity contribution is -0.136. The standard InChI is InChI=1S/C43H38F3N7O4/c44-35-21-27(26-3-5-29-32(20-26)38(39(45)46)30-9-12-47-24-34(29)30)23-48-40(35)52-14-10-25(11-15-52)2-1-13-50-16-18-51(19-17-50)28-4-6-31-33(22-28)43(57)53(42(31)56)36-7-8-37(54)49-41(36)55/h3-6,9,12,20-25,36,38-39H,7-8,10-11,13-19H2,(H,49,54,55). The second-order valence-corrected chi connectivity index (χ2v) is 15.1. The number of amides is 4. The molecule has 2 aromatic carbocycles. The average Bonchev–Trinajstić information content (AvgIpc) is 3.68. The largest absolute Gasteiger partial charge is 0.369 e. The van der Waals surface area contributed by atoms with E-state index in [2.05, 4.69) is 36.9 Å². The van der Waals surface area contributed by atoms with Gasteiger partial charge < -0.3 is 9.80 Å². The highest BCUT2D eigenvalue weighted by Crippen LogP contribution is 2.48. The minimum atomic E-state index is -2.58. The van der Waals surface area contributed by atoms with Gasteiger partial charge in [0, 0.05) is 87.0 Å². The molecule has 1 N–H and O–H groups in total. The quantitative estimate of drug-likeness (QED) is 0.211. The van der Waals surface area contributed by atoms with Crippen molar-refractivity contribution in [2.75, 3.05) is 55.6 Å². The van der Waals surface area contributed by atoms with E-state index in [1.165, 1.54) is 12.3 Å². The lowest BCUT2D eigenvalue weighted by Gasteiger charge is -2.35. The summed E-state index contributed by atoms with van der Waals surface area (Å²) in [6, 6.07) is 12.6. The fourth-order valence-corrected chi connectivity index (χ4v) is 8.76. The van der Waals surface area contributed by atoms with Crippen LogP contribution in [0.1, 0.15) is 63.4 Å². The number of imide groups is 2. The number of hydrogen-bond donors (Lipinski definition) is 1. The maximum atomic E-state index is 15.5. The van der Waals surface area contributed by atoms with Crippen molar-refractivity contribution in [1.29, 1.82) is 0 Å². The fraction of sp³-hybridized carbons (Fsp3) is 0.349. The van der Waals surface area contributed by atoms with Gasteiger partial charge in [0.1, 0.15) is 6.04 Å². The number of halogens is 3. The van der Waals surface area contributed by atoms with Crippen LogP contribution in [-0.2, 0) is 9.59 Å². The van der Waals surface area contributed by atoms with Gasteiger partial charge in [0.2, 0.25) is 18.2 Å². The highest BCUT2D eigenvalue weighted by molar-refractivity contribution is 6.23. The van der Waals surface area contributed by atoms with Crippen LogP contribution in [0.15, 0.2) is 67.1 Å². The molecular formula is C43H38F3N7O4. The van der Waals surface area contributed by atoms with E-state index >= 15 is 4.39 Å². The monoisotopic (exact) mass is 773 g/mol. The minimum Gasteiger partial charge on any atom is -0.369 e. The molecule has 57 heavy (non-hydrogen) atoms. The first-order chi connectivity index (χ1) is 27.6. The molecule has 2 atom stereocenters. The lowest BCUT2D eigenvalue weighted by atomic mass is 9.94. The average molecular weight is 774 g/mol. The first kappa shape index (κ1) is 36.6. The Labute approximate surface area is 326 Å². The number of nitrogens with one attached hydrogen (secondary N) is 1. The van der Waals surface area contributed by atoms with Crippen LogP contribution in [0.3, 0.4) is 0 Å². The van der Waals surface area contributed by atoms with Crippen LogP contribution >= 0.6 is 0 Å². The highest BCUT2D eigenvalue weighted by atomic mass is 19.3. The van der Waals surface area contributed by atoms with Gasteiger partial charge >= 0.3 is 0 Å². The van der Waals surface area contributed by atoms with E-state index < -0.39 is 47.8 Å². The third-order valence-corrected chi connectivity index (χ3v) is 11.8. The third kappa shape index (κ3) is 6.69. The summed E-state index contributed by atoms with van der Waals surface area (Å²) in [5, 5.41) is 2.22. The molecule has 2 unspecified atom stereocenters. The van der Waals surface area contributed by atoms with E-state index in [-0.39, 0.29) is 35.7 Å². The molecule has 3 saturated heterocycles. The number of hydrogen-bond acceptors (Lipinski definition) is 9. The molecule has 0 bridgehead atoms. The van der Waals surface area contributed by atoms with E-state index in [9.17, 15) is 28.0 Å². The minimum absolute atomic E-state index is 0.0721. The zero-order chi connectivity index (χ0) is 39.4. The molecule has 290 valence electrons. The van der Waals surface area contributed by atoms with Gasteiger partial charge in [-0.2, -0.15) is 0 Å². The second kappa shape index (κ2) is 14.8. The van der Waals surface area contributed by atoms with Crippen molar-refractivity contribution in [2.45, 2.75) is 44.1 Å². The summed E-state index contributed by atoms with van der Waals surface area (Å²) in [4.78, 5) is 66.3. The number of benzene rings is 2. The van der Waals surface area contributed by atoms with Crippen LogP contribution in [-0.4, -0.2) is 102 Å². The molecule has 0 spiro atoms. The summed E-state index contributed by atoms with van der Waals surface area (Å²) < 4.78 is 43.9. The second-order valence-electron chi connectivity index (χ2n) is 15.1. The van der Waals surface area contributed by atoms with Crippen molar-refractivity contribution < 1.29 is 32.3 Å². The summed E-state index contributed by atoms with van der Waals surface area (Å²) in [5.41, 5.74) is 5.00. The van der Waals surface area contributed by atoms with Crippen molar-refractivity contribution in [3.8, 4) is 34.1 Å². The van der Waals surface area contributed by atoms with E-state index in [1.54, 1.807) is 42.7 Å². The predicted octanol–water partition coefficient (Wildman–Crippen LogP) is 5.10. The molecule has 9 rings (SSSR count). The van der Waals surface area contributed by atoms with Gasteiger partial charge in [-0.1, -0.05) is 24.0 Å². The van der Waals surface area contributed by atoms with Crippen molar-refractivity contribution in [1.82, 2.24) is 25.1 Å². The number of aromatic nitrogens is 2. The molecule has 1 aliphatic carbocycles. The first-order valence-electron chi connectivity index (χ1n) is 19.2. The van der Waals surface area contributed by atoms with Gasteiger partial charge in [-0.3, -0.25) is 39.3 Å². The highest BCUT2D eigenvalue weighted by Gasteiger charge is 2.45. The van der Waals surface area contributed by atoms with Gasteiger partial charge in [0.05, 0.1) is 23.6 Å². The molecule has 6 heterocycles. The van der Waals surface area contributed by atoms with Crippen LogP contribution in [0, 0.1) is 23.6 Å². The van der Waals surface area contributed by atoms with Crippen molar-refractivity contribution in [3.05, 3.63) is 95.2 Å². The van der Waals surface area contributed by atoms with Crippen LogP contribution in [0.5, 0.6) is 0 Å². The van der Waals surface area contributed by atoms with Crippen molar-refractivity contribution in [2.24, 2.45) is 5.92 Å². The van der Waals surface area contributed by atoms with Crippen molar-refractivity contribution in [3.63, 3.8) is 0 Å². The number of piperidine rings is 2. The summed E-state index contributed by atoms with van der Waals surface area (Å²) in [6.07, 6.45) is 3.90. The maximum Gasteiger partial charge on any atom is 0.262 e. The number of carbonyl (C=O) groups is 4. The number of carbonyl (C=O) groups excluding carboxylic acids is 4. The van der Waals surface area contributed by atoms with Crippen molar-refractivity contribution >= 4 is 35.1 Å². The number of rotatable bonds is 6. The molecule has 4 amide bonds. The van der Waals surface area contributed by atoms with Gasteiger partial charge in [-0.25, -0.2) is 18.2 Å². The summed E-state index contributed by atoms with van der Waals surface area (Å²) in [6.45, 7) is 4.81. The third-order valence-electron chi connectivity index (χ3n) is 11.8. The predicted molar refractivity (Wildman–Crippen MR) is 205 cm³/mol. The van der Waals surface area contributed by atoms with E-state index in [1.807, 2.05) is 17.0 Å². The number of nitrogens with zero attached hydrogens (tertiary/aromatic N) is 6. The van der Waals surface area contributed by atoms with E-state index in [0.717, 1.165) is 42.1 Å². The molecule has 0 radical (unpaired) electrons. The molecule has 11 nitrogen and oxygen atoms in total. The van der Waals surface area contributed by atoms with Crippen LogP contribution in [0.25, 0.3) is 22.3 Å². The smallest absolute Gasteiger partial charge is 0.262 e. The number of fused-ring (bicyclic) bond motifs is 4. The zero-order valence-corrected chi connectivity index (χ0v) is 30.9. The van der Waals surface area contributed by atoms with Crippen LogP contribution in [0.4, 0.5) is 24.7 Å². The Balaban J connectivity index is 0.765. The van der Waals surface area contributed by atoms with Crippen LogP contribution < -0.4 is 15.1 Å². The summed E-state index contributed by atoms with van der Waals surface area (Å²) >= 11 is 0. The molecule has 3 fully saturated rings. The van der Waals surface area contributed by atoms with Gasteiger partial charge in [0.15, 0.2) is 11.6 Å². The van der Waals surface area contributed by atoms with Gasteiger partial charge in [-0.15, -0.1) is 0 Å². The number of pyridine rings is 2. The normalized spacial score (nSPS) is 21.0. The van der Waals surface area contributed by atoms with E-state index in [4.69, 9.17) is 0 Å². The zero-order valence-electron chi connectivity index (χ0n) is 30.9. The molecular weight excluding hydrogens is 736 g/mol. The molecule has 14 heteroatoms. The number of piperazine rings is 1. The maximum absolute atomic E-state index is 15.5. The Morgan fingerprint density at radius 2 is 1.54 bits per heavy atom. The molecule has 2 aromatic heterocycles. The molecule has 4 aromatic rings. The topological polar surface area (TPSA) is 119 Å². The van der Waals surface area contributed by atoms with Crippen LogP contribution in [0.2, 0.25) is 0 Å². The molecule has 0 saturated carbocycles. The first-order valence-corrected chi connectivity index (χ1v) is 19.2. The Kier molecular flexibility index (Phi) is 9.48. The Morgan fingerprint density at radius 1 is 0.772 bits per heavy atom. The molecule has 4 aliphatic heterocycles. The Bertz CT molecular complexity index is 2380. The summed E-state index contributed by atoms with van der Waals surface area (Å²) in [7, 11) is 0. The van der Waals surface area contributed by atoms with E-state index in [0.29, 0.717) is 60.5 Å². The Morgan fingerprint density at radius 3 is 2.30 bits per heavy atom. The number of anilines is 2. The summed E-state index contributed by atoms with van der Waals surface area (Å²) in [5.74, 6) is 3.64. The fourth-order valence-electron chi connectivity index (χ4n) is 8.76. The lowest BCUT2D eigenvalue weighted by Crippen LogP contribution is -2.54. The van der Waals surface area contributed by atoms with Gasteiger partial charge in [-0.05, 0) is 77.9 Å². The number of alkyl halides is 2. The Hall–Kier alpha value is -6.07. The SMILES string of the molecule is O=C1CCC(N2C(=O)c3ccc(N4CCN(CC#CC5CCN(c6ncc(-c7ccc8c(c7)C(C(F)F)c7ccncc7-8)cc6F)CC5)CC4)cc3C2=O)C(=O)N1. The van der Waals surface area contributed by atoms with Gasteiger partial charge in [0.25, 0.3) is 11.8 Å².